The van der Waals surface area contributed by atoms with E-state index in [1.807, 2.05) is 6.07 Å². The molecule has 0 aliphatic heterocycles. The van der Waals surface area contributed by atoms with Crippen molar-refractivity contribution < 1.29 is 9.90 Å². The molecule has 2 aromatic rings. The molecule has 1 aliphatic rings. The third-order valence-corrected chi connectivity index (χ3v) is 3.81. The normalized spacial score (nSPS) is 13.1. The molecule has 2 N–H and O–H groups in total. The van der Waals surface area contributed by atoms with E-state index >= 15 is 0 Å². The number of hydrogen-bond acceptors (Lipinski definition) is 3. The van der Waals surface area contributed by atoms with Gasteiger partial charge in [-0.1, -0.05) is 18.2 Å². The van der Waals surface area contributed by atoms with Crippen molar-refractivity contribution in [3.05, 3.63) is 47.2 Å². The number of aryl methyl sites for hydroxylation is 2. The quantitative estimate of drug-likeness (QED) is 0.898. The number of hydrogen-bond donors (Lipinski definition) is 2. The molecule has 4 heteroatoms. The minimum absolute atomic E-state index is 0.230. The summed E-state index contributed by atoms with van der Waals surface area (Å²) in [6, 6.07) is 8.00. The van der Waals surface area contributed by atoms with Crippen molar-refractivity contribution in [1.82, 2.24) is 4.98 Å². The summed E-state index contributed by atoms with van der Waals surface area (Å²) in [6.07, 6.45) is 5.03. The largest absolute Gasteiger partial charge is 0.478 e. The van der Waals surface area contributed by atoms with Crippen LogP contribution in [0.25, 0.3) is 11.1 Å². The van der Waals surface area contributed by atoms with E-state index in [4.69, 9.17) is 0 Å². The van der Waals surface area contributed by atoms with Gasteiger partial charge in [-0.2, -0.15) is 0 Å². The molecule has 0 amide bonds. The molecule has 0 fully saturated rings. The van der Waals surface area contributed by atoms with Crippen LogP contribution in [0, 0.1) is 0 Å². The lowest BCUT2D eigenvalue weighted by Gasteiger charge is -2.11. The lowest BCUT2D eigenvalue weighted by molar-refractivity contribution is 0.0698. The lowest BCUT2D eigenvalue weighted by atomic mass is 9.97. The van der Waals surface area contributed by atoms with Crippen LogP contribution in [0.5, 0.6) is 0 Å². The maximum Gasteiger partial charge on any atom is 0.340 e. The molecule has 0 bridgehead atoms. The van der Waals surface area contributed by atoms with E-state index in [2.05, 4.69) is 22.4 Å². The summed E-state index contributed by atoms with van der Waals surface area (Å²) < 4.78 is 0. The molecule has 3 rings (SSSR count). The second kappa shape index (κ2) is 4.96. The fourth-order valence-corrected chi connectivity index (χ4v) is 2.85. The first-order valence-electron chi connectivity index (χ1n) is 6.73. The first-order valence-corrected chi connectivity index (χ1v) is 6.73. The molecule has 1 aromatic carbocycles. The van der Waals surface area contributed by atoms with Crippen LogP contribution in [-0.2, 0) is 12.8 Å². The number of nitrogens with one attached hydrogen (secondary N) is 1. The summed E-state index contributed by atoms with van der Waals surface area (Å²) in [5.74, 6) is -0.562. The van der Waals surface area contributed by atoms with Gasteiger partial charge >= 0.3 is 5.97 Å². The molecule has 0 saturated heterocycles. The Labute approximate surface area is 117 Å². The van der Waals surface area contributed by atoms with Gasteiger partial charge in [-0.15, -0.1) is 0 Å². The zero-order chi connectivity index (χ0) is 14.1. The monoisotopic (exact) mass is 268 g/mol. The smallest absolute Gasteiger partial charge is 0.340 e. The highest BCUT2D eigenvalue weighted by Crippen LogP contribution is 2.31. The van der Waals surface area contributed by atoms with Gasteiger partial charge in [0.05, 0.1) is 0 Å². The zero-order valence-corrected chi connectivity index (χ0v) is 11.3. The van der Waals surface area contributed by atoms with Gasteiger partial charge in [-0.05, 0) is 42.0 Å². The standard InChI is InChI=1S/C16H16N2O2/c1-17-15-14(16(19)20)13(7-8-18-15)12-6-5-10-3-2-4-11(10)9-12/h5-9H,2-4H2,1H3,(H,17,18)(H,19,20). The van der Waals surface area contributed by atoms with E-state index in [-0.39, 0.29) is 5.56 Å². The van der Waals surface area contributed by atoms with E-state index in [1.165, 1.54) is 17.5 Å². The number of carboxylic acids is 1. The van der Waals surface area contributed by atoms with Crippen molar-refractivity contribution in [2.24, 2.45) is 0 Å². The van der Waals surface area contributed by atoms with Crippen LogP contribution in [0.15, 0.2) is 30.5 Å². The van der Waals surface area contributed by atoms with E-state index in [0.717, 1.165) is 18.4 Å². The molecule has 0 spiro atoms. The zero-order valence-electron chi connectivity index (χ0n) is 11.3. The Kier molecular flexibility index (Phi) is 3.14. The van der Waals surface area contributed by atoms with Crippen LogP contribution in [0.2, 0.25) is 0 Å². The first kappa shape index (κ1) is 12.7. The van der Waals surface area contributed by atoms with Crippen LogP contribution in [0.4, 0.5) is 5.82 Å². The van der Waals surface area contributed by atoms with Crippen molar-refractivity contribution in [2.75, 3.05) is 12.4 Å². The predicted molar refractivity (Wildman–Crippen MR) is 78.2 cm³/mol. The van der Waals surface area contributed by atoms with Gasteiger partial charge in [0.2, 0.25) is 0 Å². The SMILES string of the molecule is CNc1nccc(-c2ccc3c(c2)CCC3)c1C(=O)O. The van der Waals surface area contributed by atoms with Gasteiger partial charge in [0, 0.05) is 18.8 Å². The Morgan fingerprint density at radius 3 is 2.80 bits per heavy atom. The third-order valence-electron chi connectivity index (χ3n) is 3.81. The number of carbonyl (C=O) groups is 1. The maximum absolute atomic E-state index is 11.5. The van der Waals surface area contributed by atoms with E-state index in [1.54, 1.807) is 19.3 Å². The summed E-state index contributed by atoms with van der Waals surface area (Å²) in [4.78, 5) is 15.6. The van der Waals surface area contributed by atoms with Crippen LogP contribution < -0.4 is 5.32 Å². The van der Waals surface area contributed by atoms with Gasteiger partial charge in [0.1, 0.15) is 11.4 Å². The van der Waals surface area contributed by atoms with Crippen LogP contribution in [0.3, 0.4) is 0 Å². The van der Waals surface area contributed by atoms with Crippen LogP contribution >= 0.6 is 0 Å². The number of fused-ring (bicyclic) bond motifs is 1. The summed E-state index contributed by atoms with van der Waals surface area (Å²) in [6.45, 7) is 0. The third kappa shape index (κ3) is 2.03. The highest BCUT2D eigenvalue weighted by molar-refractivity contribution is 6.00. The number of nitrogens with zero attached hydrogens (tertiary/aromatic N) is 1. The topological polar surface area (TPSA) is 62.2 Å². The fourth-order valence-electron chi connectivity index (χ4n) is 2.85. The predicted octanol–water partition coefficient (Wildman–Crippen LogP) is 2.98. The van der Waals surface area contributed by atoms with Crippen molar-refractivity contribution in [2.45, 2.75) is 19.3 Å². The van der Waals surface area contributed by atoms with E-state index in [0.29, 0.717) is 11.4 Å². The average molecular weight is 268 g/mol. The maximum atomic E-state index is 11.5. The van der Waals surface area contributed by atoms with Crippen molar-refractivity contribution in [3.63, 3.8) is 0 Å². The molecular weight excluding hydrogens is 252 g/mol. The van der Waals surface area contributed by atoms with Gasteiger partial charge in [-0.3, -0.25) is 0 Å². The van der Waals surface area contributed by atoms with Crippen LogP contribution in [0.1, 0.15) is 27.9 Å². The molecule has 102 valence electrons. The molecular formula is C16H16N2O2. The van der Waals surface area contributed by atoms with Gasteiger partial charge in [-0.25, -0.2) is 9.78 Å². The van der Waals surface area contributed by atoms with E-state index < -0.39 is 5.97 Å². The number of aromatic nitrogens is 1. The Balaban J connectivity index is 2.17. The van der Waals surface area contributed by atoms with Gasteiger partial charge in [0.15, 0.2) is 0 Å². The molecule has 1 aliphatic carbocycles. The summed E-state index contributed by atoms with van der Waals surface area (Å²) in [7, 11) is 1.68. The highest BCUT2D eigenvalue weighted by Gasteiger charge is 2.19. The van der Waals surface area contributed by atoms with Gasteiger partial charge in [0.25, 0.3) is 0 Å². The number of aromatic carboxylic acids is 1. The van der Waals surface area contributed by atoms with Crippen molar-refractivity contribution in [3.8, 4) is 11.1 Å². The molecule has 4 nitrogen and oxygen atoms in total. The number of rotatable bonds is 3. The van der Waals surface area contributed by atoms with Crippen molar-refractivity contribution >= 4 is 11.8 Å². The summed E-state index contributed by atoms with van der Waals surface area (Å²) in [5, 5.41) is 12.3. The van der Waals surface area contributed by atoms with Crippen molar-refractivity contribution in [1.29, 1.82) is 0 Å². The Bertz CT molecular complexity index is 680. The fraction of sp³-hybridized carbons (Fsp3) is 0.250. The van der Waals surface area contributed by atoms with Gasteiger partial charge < -0.3 is 10.4 Å². The second-order valence-corrected chi connectivity index (χ2v) is 4.97. The second-order valence-electron chi connectivity index (χ2n) is 4.97. The number of carboxylic acid groups (broad SMARTS) is 1. The molecule has 0 saturated carbocycles. The number of benzene rings is 1. The molecule has 0 radical (unpaired) electrons. The number of anilines is 1. The van der Waals surface area contributed by atoms with E-state index in [9.17, 15) is 9.90 Å². The average Bonchev–Trinajstić information content (AvgIpc) is 2.93. The molecule has 20 heavy (non-hydrogen) atoms. The summed E-state index contributed by atoms with van der Waals surface area (Å²) in [5.41, 5.74) is 4.61. The molecule has 0 unspecified atom stereocenters. The number of pyridine rings is 1. The minimum Gasteiger partial charge on any atom is -0.478 e. The summed E-state index contributed by atoms with van der Waals surface area (Å²) >= 11 is 0. The molecule has 1 aromatic heterocycles. The Morgan fingerprint density at radius 1 is 1.25 bits per heavy atom. The lowest BCUT2D eigenvalue weighted by Crippen LogP contribution is -2.07. The Morgan fingerprint density at radius 2 is 2.05 bits per heavy atom. The first-order chi connectivity index (χ1) is 9.70. The Hall–Kier alpha value is -2.36. The molecule has 1 heterocycles. The van der Waals surface area contributed by atoms with Crippen LogP contribution in [-0.4, -0.2) is 23.1 Å². The molecule has 0 atom stereocenters. The minimum atomic E-state index is -0.960. The highest BCUT2D eigenvalue weighted by atomic mass is 16.4.